The number of hydrogen-bond donors (Lipinski definition) is 2. The van der Waals surface area contributed by atoms with Gasteiger partial charge < -0.3 is 10.3 Å². The molecule has 7 heteroatoms. The summed E-state index contributed by atoms with van der Waals surface area (Å²) >= 11 is 1.37. The Balaban J connectivity index is 1.54. The molecule has 4 aromatic rings. The largest absolute Gasteiger partial charge is 0.338 e. The van der Waals surface area contributed by atoms with Crippen LogP contribution in [-0.4, -0.2) is 20.9 Å². The first-order chi connectivity index (χ1) is 13.1. The monoisotopic (exact) mass is 378 g/mol. The van der Waals surface area contributed by atoms with E-state index >= 15 is 0 Å². The molecule has 2 N–H and O–H groups in total. The van der Waals surface area contributed by atoms with Gasteiger partial charge in [0.25, 0.3) is 5.91 Å². The predicted octanol–water partition coefficient (Wildman–Crippen LogP) is 4.90. The maximum atomic E-state index is 14.1. The van der Waals surface area contributed by atoms with E-state index in [1.165, 1.54) is 17.4 Å². The van der Waals surface area contributed by atoms with Gasteiger partial charge in [-0.1, -0.05) is 23.8 Å². The lowest BCUT2D eigenvalue weighted by Gasteiger charge is -2.05. The molecule has 5 nitrogen and oxygen atoms in total. The first-order valence-electron chi connectivity index (χ1n) is 8.21. The number of thiazole rings is 1. The molecule has 0 radical (unpaired) electrons. The van der Waals surface area contributed by atoms with E-state index in [1.807, 2.05) is 19.1 Å². The minimum Gasteiger partial charge on any atom is -0.338 e. The van der Waals surface area contributed by atoms with Crippen molar-refractivity contribution in [3.63, 3.8) is 0 Å². The Bertz CT molecular complexity index is 1090. The summed E-state index contributed by atoms with van der Waals surface area (Å²) in [6.07, 6.45) is 1.67. The number of carbonyl (C=O) groups is 1. The fourth-order valence-electron chi connectivity index (χ4n) is 2.68. The molecule has 4 rings (SSSR count). The van der Waals surface area contributed by atoms with Crippen molar-refractivity contribution < 1.29 is 9.18 Å². The number of hydrogen-bond acceptors (Lipinski definition) is 4. The third-order valence-electron chi connectivity index (χ3n) is 4.07. The highest BCUT2D eigenvalue weighted by Crippen LogP contribution is 2.26. The molecule has 0 bridgehead atoms. The van der Waals surface area contributed by atoms with Gasteiger partial charge in [0, 0.05) is 11.1 Å². The van der Waals surface area contributed by atoms with Gasteiger partial charge in [-0.05, 0) is 36.8 Å². The van der Waals surface area contributed by atoms with Gasteiger partial charge in [0.15, 0.2) is 0 Å². The molecule has 27 heavy (non-hydrogen) atoms. The highest BCUT2D eigenvalue weighted by Gasteiger charge is 2.11. The molecular formula is C20H15FN4OS. The number of aromatic amines is 1. The lowest BCUT2D eigenvalue weighted by molar-refractivity contribution is 0.102. The molecule has 0 atom stereocenters. The van der Waals surface area contributed by atoms with Crippen molar-refractivity contribution in [2.45, 2.75) is 6.92 Å². The Labute approximate surface area is 158 Å². The number of nitrogens with zero attached hydrogens (tertiary/aromatic N) is 2. The summed E-state index contributed by atoms with van der Waals surface area (Å²) in [7, 11) is 0. The number of halogens is 1. The summed E-state index contributed by atoms with van der Waals surface area (Å²) in [4.78, 5) is 23.5. The van der Waals surface area contributed by atoms with Gasteiger partial charge in [0.05, 0.1) is 23.0 Å². The second kappa shape index (κ2) is 7.13. The topological polar surface area (TPSA) is 70.7 Å². The van der Waals surface area contributed by atoms with Gasteiger partial charge in [-0.2, -0.15) is 0 Å². The molecule has 0 saturated carbocycles. The summed E-state index contributed by atoms with van der Waals surface area (Å²) in [5.41, 5.74) is 5.73. The Morgan fingerprint density at radius 2 is 1.96 bits per heavy atom. The summed E-state index contributed by atoms with van der Waals surface area (Å²) in [6.45, 7) is 1.91. The van der Waals surface area contributed by atoms with E-state index in [-0.39, 0.29) is 11.7 Å². The number of amides is 1. The first kappa shape index (κ1) is 17.1. The fraction of sp³-hybridized carbons (Fsp3) is 0.0500. The molecule has 134 valence electrons. The van der Waals surface area contributed by atoms with E-state index in [0.717, 1.165) is 16.8 Å². The number of aromatic nitrogens is 3. The molecule has 0 fully saturated rings. The smallest absolute Gasteiger partial charge is 0.275 e. The maximum absolute atomic E-state index is 14.1. The minimum atomic E-state index is -0.318. The van der Waals surface area contributed by atoms with Crippen LogP contribution in [0, 0.1) is 12.7 Å². The number of anilines is 1. The SMILES string of the molecule is Cc1ccc(F)c(-c2ncc(-c3ccc(NC(=O)c4cscn4)cc3)[nH]2)c1. The zero-order valence-electron chi connectivity index (χ0n) is 14.4. The number of carbonyl (C=O) groups excluding carboxylic acids is 1. The molecule has 2 heterocycles. The van der Waals surface area contributed by atoms with Crippen LogP contribution in [0.5, 0.6) is 0 Å². The van der Waals surface area contributed by atoms with Crippen molar-refractivity contribution in [1.82, 2.24) is 15.0 Å². The third-order valence-corrected chi connectivity index (χ3v) is 4.66. The highest BCUT2D eigenvalue weighted by atomic mass is 32.1. The third kappa shape index (κ3) is 3.63. The Morgan fingerprint density at radius 1 is 1.15 bits per heavy atom. The zero-order valence-corrected chi connectivity index (χ0v) is 15.2. The number of imidazole rings is 1. The summed E-state index contributed by atoms with van der Waals surface area (Å²) < 4.78 is 14.1. The van der Waals surface area contributed by atoms with Gasteiger partial charge >= 0.3 is 0 Å². The maximum Gasteiger partial charge on any atom is 0.275 e. The minimum absolute atomic E-state index is 0.247. The molecular weight excluding hydrogens is 363 g/mol. The average Bonchev–Trinajstić information content (AvgIpc) is 3.36. The Morgan fingerprint density at radius 3 is 2.70 bits per heavy atom. The van der Waals surface area contributed by atoms with Gasteiger partial charge in [0.1, 0.15) is 17.3 Å². The highest BCUT2D eigenvalue weighted by molar-refractivity contribution is 7.07. The second-order valence-corrected chi connectivity index (χ2v) is 6.75. The molecule has 0 aliphatic heterocycles. The molecule has 0 aliphatic rings. The molecule has 1 amide bonds. The van der Waals surface area contributed by atoms with E-state index in [4.69, 9.17) is 0 Å². The van der Waals surface area contributed by atoms with Gasteiger partial charge in [-0.3, -0.25) is 4.79 Å². The Kier molecular flexibility index (Phi) is 4.52. The zero-order chi connectivity index (χ0) is 18.8. The average molecular weight is 378 g/mol. The van der Waals surface area contributed by atoms with Crippen LogP contribution in [0.1, 0.15) is 16.1 Å². The van der Waals surface area contributed by atoms with Crippen molar-refractivity contribution in [3.05, 3.63) is 76.6 Å². The van der Waals surface area contributed by atoms with Crippen LogP contribution in [0.2, 0.25) is 0 Å². The number of aryl methyl sites for hydroxylation is 1. The van der Waals surface area contributed by atoms with E-state index in [9.17, 15) is 9.18 Å². The van der Waals surface area contributed by atoms with Crippen molar-refractivity contribution in [1.29, 1.82) is 0 Å². The van der Waals surface area contributed by atoms with Crippen LogP contribution in [0.4, 0.5) is 10.1 Å². The van der Waals surface area contributed by atoms with E-state index < -0.39 is 0 Å². The fourth-order valence-corrected chi connectivity index (χ4v) is 3.21. The van der Waals surface area contributed by atoms with Crippen LogP contribution in [-0.2, 0) is 0 Å². The van der Waals surface area contributed by atoms with E-state index in [1.54, 1.807) is 41.4 Å². The number of rotatable bonds is 4. The second-order valence-electron chi connectivity index (χ2n) is 6.03. The lowest BCUT2D eigenvalue weighted by Crippen LogP contribution is -2.11. The lowest BCUT2D eigenvalue weighted by atomic mass is 10.1. The van der Waals surface area contributed by atoms with Crippen molar-refractivity contribution >= 4 is 22.9 Å². The molecule has 0 spiro atoms. The summed E-state index contributed by atoms with van der Waals surface area (Å²) in [5, 5.41) is 4.49. The summed E-state index contributed by atoms with van der Waals surface area (Å²) in [5.74, 6) is -0.0866. The normalized spacial score (nSPS) is 10.7. The number of nitrogens with one attached hydrogen (secondary N) is 2. The molecule has 2 aromatic heterocycles. The van der Waals surface area contributed by atoms with Gasteiger partial charge in [-0.15, -0.1) is 11.3 Å². The first-order valence-corrected chi connectivity index (χ1v) is 9.16. The molecule has 0 unspecified atom stereocenters. The van der Waals surface area contributed by atoms with Crippen molar-refractivity contribution in [3.8, 4) is 22.6 Å². The van der Waals surface area contributed by atoms with E-state index in [0.29, 0.717) is 22.8 Å². The standard InChI is InChI=1S/C20H15FN4OS/c1-12-2-7-16(21)15(8-12)19-22-9-17(25-19)13-3-5-14(6-4-13)24-20(26)18-10-27-11-23-18/h2-11H,1H3,(H,22,25)(H,24,26). The van der Waals surface area contributed by atoms with Crippen LogP contribution in [0.25, 0.3) is 22.6 Å². The number of H-pyrrole nitrogens is 1. The van der Waals surface area contributed by atoms with Crippen LogP contribution in [0.15, 0.2) is 59.6 Å². The van der Waals surface area contributed by atoms with Crippen LogP contribution in [0.3, 0.4) is 0 Å². The molecule has 2 aromatic carbocycles. The quantitative estimate of drug-likeness (QED) is 0.531. The van der Waals surface area contributed by atoms with Crippen molar-refractivity contribution in [2.24, 2.45) is 0 Å². The van der Waals surface area contributed by atoms with Gasteiger partial charge in [-0.25, -0.2) is 14.4 Å². The van der Waals surface area contributed by atoms with Crippen molar-refractivity contribution in [2.75, 3.05) is 5.32 Å². The molecule has 0 saturated heterocycles. The van der Waals surface area contributed by atoms with E-state index in [2.05, 4.69) is 20.3 Å². The van der Waals surface area contributed by atoms with Crippen LogP contribution < -0.4 is 5.32 Å². The molecule has 0 aliphatic carbocycles. The Hall–Kier alpha value is -3.32. The predicted molar refractivity (Wildman–Crippen MR) is 104 cm³/mol. The number of benzene rings is 2. The summed E-state index contributed by atoms with van der Waals surface area (Å²) in [6, 6.07) is 12.2. The van der Waals surface area contributed by atoms with Gasteiger partial charge in [0.2, 0.25) is 0 Å². The van der Waals surface area contributed by atoms with Crippen LogP contribution >= 0.6 is 11.3 Å².